The van der Waals surface area contributed by atoms with Crippen LogP contribution in [0.15, 0.2) is 176 Å². The molecule has 0 unspecified atom stereocenters. The molecule has 0 saturated carbocycles. The zero-order chi connectivity index (χ0) is 43.1. The Morgan fingerprint density at radius 3 is 1.24 bits per heavy atom. The summed E-state index contributed by atoms with van der Waals surface area (Å²) in [6.07, 6.45) is 0. The number of nitrogens with zero attached hydrogens (tertiary/aromatic N) is 1. The smallest absolute Gasteiger partial charge is 0.399 e. The van der Waals surface area contributed by atoms with Crippen molar-refractivity contribution in [3.63, 3.8) is 0 Å². The monoisotopic (exact) mass is 813 g/mol. The fourth-order valence-electron chi connectivity index (χ4n) is 9.51. The van der Waals surface area contributed by atoms with Gasteiger partial charge in [-0.3, -0.25) is 0 Å². The molecule has 0 radical (unpaired) electrons. The number of hydrogen-bond acceptors (Lipinski definition) is 5. The summed E-state index contributed by atoms with van der Waals surface area (Å²) in [7, 11) is -1.11. The Balaban J connectivity index is 1.24. The third-order valence-corrected chi connectivity index (χ3v) is 14.2. The topological polar surface area (TPSA) is 40.2 Å². The fraction of sp³-hybridized carbons (Fsp3) is 0.236. The van der Waals surface area contributed by atoms with Gasteiger partial charge in [-0.2, -0.15) is 0 Å². The molecule has 0 atom stereocenters. The highest BCUT2D eigenvalue weighted by atomic mass is 16.7. The third kappa shape index (κ3) is 6.40. The van der Waals surface area contributed by atoms with Crippen molar-refractivity contribution in [2.75, 3.05) is 4.90 Å². The van der Waals surface area contributed by atoms with Crippen molar-refractivity contribution in [2.45, 2.75) is 83.2 Å². The molecule has 0 aromatic heterocycles. The van der Waals surface area contributed by atoms with E-state index < -0.39 is 42.1 Å². The molecule has 10 rings (SSSR count). The summed E-state index contributed by atoms with van der Waals surface area (Å²) in [5.74, 6) is 0. The number of anilines is 3. The van der Waals surface area contributed by atoms with Gasteiger partial charge in [-0.15, -0.1) is 0 Å². The first kappa shape index (κ1) is 40.4. The second-order valence-corrected chi connectivity index (χ2v) is 19.0. The molecule has 2 fully saturated rings. The largest absolute Gasteiger partial charge is 0.494 e. The van der Waals surface area contributed by atoms with E-state index in [9.17, 15) is 0 Å². The predicted octanol–water partition coefficient (Wildman–Crippen LogP) is 11.8. The van der Waals surface area contributed by atoms with Crippen LogP contribution in [0.5, 0.6) is 0 Å². The molecular weight excluding hydrogens is 760 g/mol. The van der Waals surface area contributed by atoms with Gasteiger partial charge in [0.2, 0.25) is 0 Å². The first-order valence-corrected chi connectivity index (χ1v) is 21.9. The van der Waals surface area contributed by atoms with Crippen LogP contribution < -0.4 is 15.8 Å². The first-order valence-electron chi connectivity index (χ1n) is 21.9. The fourth-order valence-corrected chi connectivity index (χ4v) is 9.51. The van der Waals surface area contributed by atoms with Crippen LogP contribution in [0.3, 0.4) is 0 Å². The van der Waals surface area contributed by atoms with Crippen molar-refractivity contribution in [3.8, 4) is 22.3 Å². The number of para-hydroxylation sites is 2. The molecule has 5 nitrogen and oxygen atoms in total. The van der Waals surface area contributed by atoms with Crippen LogP contribution in [0.25, 0.3) is 22.3 Å². The third-order valence-electron chi connectivity index (χ3n) is 14.2. The van der Waals surface area contributed by atoms with E-state index in [1.807, 2.05) is 0 Å². The molecule has 7 aromatic rings. The zero-order valence-electron chi connectivity index (χ0n) is 37.0. The summed E-state index contributed by atoms with van der Waals surface area (Å²) in [4.78, 5) is 2.30. The van der Waals surface area contributed by atoms with Gasteiger partial charge in [-0.1, -0.05) is 140 Å². The van der Waals surface area contributed by atoms with Gasteiger partial charge in [0.05, 0.1) is 27.8 Å². The molecule has 308 valence electrons. The Morgan fingerprint density at radius 2 is 0.774 bits per heavy atom. The standard InChI is InChI=1S/C55H53B2NO4/c1-51(2)52(3,4)60-56(59-51)41-31-34-46-48(36-41)55(39-21-13-9-14-22-39,40-23-15-10-16-24-40)49-37-42(57-61-53(5,6)54(7,8)62-57)35-47(50(46)49)38-29-32-45(33-30-38)58(43-25-17-11-18-26-43)44-27-19-12-20-28-44/h9-37H,1-8H3. The lowest BCUT2D eigenvalue weighted by Crippen LogP contribution is -2.41. The van der Waals surface area contributed by atoms with Crippen LogP contribution in [0.1, 0.15) is 77.6 Å². The van der Waals surface area contributed by atoms with Crippen molar-refractivity contribution < 1.29 is 18.6 Å². The summed E-state index contributed by atoms with van der Waals surface area (Å²) in [6.45, 7) is 16.9. The second kappa shape index (κ2) is 14.7. The average Bonchev–Trinajstić information content (AvgIpc) is 3.79. The van der Waals surface area contributed by atoms with Gasteiger partial charge >= 0.3 is 14.2 Å². The van der Waals surface area contributed by atoms with E-state index >= 15 is 0 Å². The van der Waals surface area contributed by atoms with E-state index in [1.165, 1.54) is 33.4 Å². The summed E-state index contributed by atoms with van der Waals surface area (Å²) in [6, 6.07) is 63.5. The van der Waals surface area contributed by atoms with E-state index in [0.29, 0.717) is 0 Å². The molecule has 1 aliphatic carbocycles. The first-order chi connectivity index (χ1) is 29.7. The minimum absolute atomic E-state index is 0.483. The van der Waals surface area contributed by atoms with Crippen molar-refractivity contribution in [1.82, 2.24) is 0 Å². The van der Waals surface area contributed by atoms with Crippen LogP contribution in [0, 0.1) is 0 Å². The highest BCUT2D eigenvalue weighted by Gasteiger charge is 2.55. The summed E-state index contributed by atoms with van der Waals surface area (Å²) >= 11 is 0. The molecule has 7 aromatic carbocycles. The molecule has 0 spiro atoms. The van der Waals surface area contributed by atoms with Gasteiger partial charge < -0.3 is 23.5 Å². The lowest BCUT2D eigenvalue weighted by Gasteiger charge is -2.34. The minimum atomic E-state index is -0.710. The van der Waals surface area contributed by atoms with Crippen molar-refractivity contribution >= 4 is 42.2 Å². The van der Waals surface area contributed by atoms with Crippen LogP contribution >= 0.6 is 0 Å². The number of rotatable bonds is 8. The van der Waals surface area contributed by atoms with E-state index in [-0.39, 0.29) is 0 Å². The Morgan fingerprint density at radius 1 is 0.371 bits per heavy atom. The van der Waals surface area contributed by atoms with Crippen LogP contribution in [-0.4, -0.2) is 36.6 Å². The van der Waals surface area contributed by atoms with Crippen molar-refractivity contribution in [3.05, 3.63) is 198 Å². The highest BCUT2D eigenvalue weighted by Crippen LogP contribution is 2.58. The van der Waals surface area contributed by atoms with Crippen LogP contribution in [-0.2, 0) is 24.0 Å². The number of hydrogen-bond donors (Lipinski definition) is 0. The molecule has 2 aliphatic heterocycles. The maximum atomic E-state index is 6.87. The Bertz CT molecular complexity index is 2640. The second-order valence-electron chi connectivity index (χ2n) is 19.0. The molecule has 0 amide bonds. The lowest BCUT2D eigenvalue weighted by atomic mass is 9.64. The van der Waals surface area contributed by atoms with Gasteiger partial charge in [0, 0.05) is 17.1 Å². The normalized spacial score (nSPS) is 18.6. The molecule has 2 heterocycles. The Labute approximate surface area is 367 Å². The summed E-state index contributed by atoms with van der Waals surface area (Å²) in [5.41, 5.74) is 11.8. The van der Waals surface area contributed by atoms with Crippen LogP contribution in [0.4, 0.5) is 17.1 Å². The average molecular weight is 814 g/mol. The van der Waals surface area contributed by atoms with E-state index in [0.717, 1.165) is 39.1 Å². The van der Waals surface area contributed by atoms with E-state index in [4.69, 9.17) is 18.6 Å². The van der Waals surface area contributed by atoms with E-state index in [1.54, 1.807) is 0 Å². The minimum Gasteiger partial charge on any atom is -0.399 e. The SMILES string of the molecule is CC1(C)OB(c2ccc3c(c2)C(c2ccccc2)(c2ccccc2)c2cc(B4OC(C)(C)C(C)(C)O4)cc(-c4ccc(N(c5ccccc5)c5ccccc5)cc4)c2-3)OC1(C)C. The maximum Gasteiger partial charge on any atom is 0.494 e. The van der Waals surface area contributed by atoms with Gasteiger partial charge in [0.25, 0.3) is 0 Å². The molecule has 7 heteroatoms. The molecule has 0 bridgehead atoms. The van der Waals surface area contributed by atoms with Gasteiger partial charge in [0.1, 0.15) is 0 Å². The number of fused-ring (bicyclic) bond motifs is 3. The van der Waals surface area contributed by atoms with E-state index in [2.05, 4.69) is 236 Å². The molecule has 3 aliphatic rings. The Hall–Kier alpha value is -5.69. The highest BCUT2D eigenvalue weighted by molar-refractivity contribution is 6.63. The number of benzene rings is 7. The van der Waals surface area contributed by atoms with Gasteiger partial charge in [0.15, 0.2) is 0 Å². The van der Waals surface area contributed by atoms with Crippen molar-refractivity contribution in [2.24, 2.45) is 0 Å². The van der Waals surface area contributed by atoms with Crippen molar-refractivity contribution in [1.29, 1.82) is 0 Å². The van der Waals surface area contributed by atoms with Crippen LogP contribution in [0.2, 0.25) is 0 Å². The molecule has 0 N–H and O–H groups in total. The summed E-state index contributed by atoms with van der Waals surface area (Å²) in [5, 5.41) is 0. The summed E-state index contributed by atoms with van der Waals surface area (Å²) < 4.78 is 27.2. The zero-order valence-corrected chi connectivity index (χ0v) is 37.0. The quantitative estimate of drug-likeness (QED) is 0.143. The lowest BCUT2D eigenvalue weighted by molar-refractivity contribution is 0.00578. The molecule has 2 saturated heterocycles. The Kier molecular flexibility index (Phi) is 9.58. The van der Waals surface area contributed by atoms with Gasteiger partial charge in [-0.25, -0.2) is 0 Å². The maximum absolute atomic E-state index is 6.87. The predicted molar refractivity (Wildman–Crippen MR) is 255 cm³/mol. The molecular formula is C55H53B2NO4. The van der Waals surface area contributed by atoms with Gasteiger partial charge in [-0.05, 0) is 147 Å². The molecule has 62 heavy (non-hydrogen) atoms.